The molecule has 2 aromatic rings. The van der Waals surface area contributed by atoms with Crippen LogP contribution in [0.4, 0.5) is 4.39 Å². The van der Waals surface area contributed by atoms with Gasteiger partial charge in [0.2, 0.25) is 0 Å². The highest BCUT2D eigenvalue weighted by molar-refractivity contribution is 6.31. The summed E-state index contributed by atoms with van der Waals surface area (Å²) >= 11 is 6.30. The Morgan fingerprint density at radius 3 is 2.56 bits per heavy atom. The minimum absolute atomic E-state index is 0.115. The lowest BCUT2D eigenvalue weighted by atomic mass is 9.83. The Kier molecular flexibility index (Phi) is 6.16. The SMILES string of the molecule is CC(CO)(CC(N)Cc1ccc(-c2ccccc2F)cc1Cl)C(=O)O. The van der Waals surface area contributed by atoms with E-state index in [9.17, 15) is 19.4 Å². The van der Waals surface area contributed by atoms with Crippen molar-refractivity contribution >= 4 is 17.6 Å². The summed E-state index contributed by atoms with van der Waals surface area (Å²) in [5.41, 5.74) is 6.63. The molecule has 0 aliphatic carbocycles. The summed E-state index contributed by atoms with van der Waals surface area (Å²) in [5.74, 6) is -1.42. The fraction of sp³-hybridized carbons (Fsp3) is 0.316. The third kappa shape index (κ3) is 4.57. The van der Waals surface area contributed by atoms with Crippen LogP contribution in [0.1, 0.15) is 18.9 Å². The van der Waals surface area contributed by atoms with E-state index in [0.717, 1.165) is 5.56 Å². The van der Waals surface area contributed by atoms with Crippen molar-refractivity contribution in [2.75, 3.05) is 6.61 Å². The Balaban J connectivity index is 2.16. The molecule has 2 aromatic carbocycles. The van der Waals surface area contributed by atoms with Gasteiger partial charge < -0.3 is 15.9 Å². The van der Waals surface area contributed by atoms with Crippen LogP contribution in [0.2, 0.25) is 5.02 Å². The summed E-state index contributed by atoms with van der Waals surface area (Å²) in [6.07, 6.45) is 0.476. The van der Waals surface area contributed by atoms with Crippen molar-refractivity contribution in [1.82, 2.24) is 0 Å². The van der Waals surface area contributed by atoms with E-state index in [1.807, 2.05) is 0 Å². The predicted octanol–water partition coefficient (Wildman–Crippen LogP) is 3.49. The van der Waals surface area contributed by atoms with E-state index in [1.165, 1.54) is 13.0 Å². The fourth-order valence-electron chi connectivity index (χ4n) is 2.73. The zero-order valence-corrected chi connectivity index (χ0v) is 14.6. The van der Waals surface area contributed by atoms with E-state index in [1.54, 1.807) is 36.4 Å². The van der Waals surface area contributed by atoms with Gasteiger partial charge in [0, 0.05) is 16.6 Å². The maximum Gasteiger partial charge on any atom is 0.311 e. The molecule has 0 bridgehead atoms. The van der Waals surface area contributed by atoms with Gasteiger partial charge in [0.15, 0.2) is 0 Å². The second kappa shape index (κ2) is 7.95. The number of aliphatic hydroxyl groups excluding tert-OH is 1. The lowest BCUT2D eigenvalue weighted by Gasteiger charge is -2.26. The van der Waals surface area contributed by atoms with Gasteiger partial charge in [-0.25, -0.2) is 4.39 Å². The number of carboxylic acid groups (broad SMARTS) is 1. The molecule has 2 atom stereocenters. The fourth-order valence-corrected chi connectivity index (χ4v) is 2.99. The zero-order chi connectivity index (χ0) is 18.6. The standard InChI is InChI=1S/C19H21ClFNO3/c1-19(11-23,18(24)25)10-14(22)8-13-7-6-12(9-16(13)20)15-4-2-3-5-17(15)21/h2-7,9,14,23H,8,10-11,22H2,1H3,(H,24,25). The molecule has 0 amide bonds. The zero-order valence-electron chi connectivity index (χ0n) is 13.9. The molecule has 0 radical (unpaired) electrons. The number of benzene rings is 2. The van der Waals surface area contributed by atoms with Gasteiger partial charge in [-0.1, -0.05) is 41.9 Å². The van der Waals surface area contributed by atoms with Gasteiger partial charge in [0.25, 0.3) is 0 Å². The summed E-state index contributed by atoms with van der Waals surface area (Å²) in [6, 6.07) is 11.1. The number of rotatable bonds is 7. The van der Waals surface area contributed by atoms with E-state index < -0.39 is 24.0 Å². The Morgan fingerprint density at radius 2 is 2.00 bits per heavy atom. The summed E-state index contributed by atoms with van der Waals surface area (Å²) < 4.78 is 13.9. The highest BCUT2D eigenvalue weighted by atomic mass is 35.5. The average molecular weight is 366 g/mol. The first-order chi connectivity index (χ1) is 11.8. The minimum atomic E-state index is -1.29. The molecule has 4 N–H and O–H groups in total. The van der Waals surface area contributed by atoms with Crippen LogP contribution in [0, 0.1) is 11.2 Å². The molecule has 2 rings (SSSR count). The van der Waals surface area contributed by atoms with Crippen LogP contribution in [0.5, 0.6) is 0 Å². The van der Waals surface area contributed by atoms with Crippen molar-refractivity contribution in [3.05, 3.63) is 58.9 Å². The molecular formula is C19H21ClFNO3. The lowest BCUT2D eigenvalue weighted by Crippen LogP contribution is -2.39. The third-order valence-corrected chi connectivity index (χ3v) is 4.65. The van der Waals surface area contributed by atoms with Crippen molar-refractivity contribution in [2.24, 2.45) is 11.1 Å². The molecule has 0 saturated heterocycles. The monoisotopic (exact) mass is 365 g/mol. The number of halogens is 2. The third-order valence-electron chi connectivity index (χ3n) is 4.30. The average Bonchev–Trinajstić information content (AvgIpc) is 2.57. The summed E-state index contributed by atoms with van der Waals surface area (Å²) in [4.78, 5) is 11.3. The first-order valence-corrected chi connectivity index (χ1v) is 8.28. The molecule has 134 valence electrons. The largest absolute Gasteiger partial charge is 0.481 e. The lowest BCUT2D eigenvalue weighted by molar-refractivity contribution is -0.151. The molecule has 0 aliphatic heterocycles. The molecule has 2 unspecified atom stereocenters. The van der Waals surface area contributed by atoms with E-state index in [-0.39, 0.29) is 12.2 Å². The number of carboxylic acids is 1. The normalized spacial score (nSPS) is 14.8. The van der Waals surface area contributed by atoms with E-state index in [2.05, 4.69) is 0 Å². The summed E-state index contributed by atoms with van der Waals surface area (Å²) in [7, 11) is 0. The number of hydrogen-bond acceptors (Lipinski definition) is 3. The molecule has 0 fully saturated rings. The summed E-state index contributed by atoms with van der Waals surface area (Å²) in [6.45, 7) is 0.966. The van der Waals surface area contributed by atoms with Gasteiger partial charge in [0.05, 0.1) is 12.0 Å². The van der Waals surface area contributed by atoms with Gasteiger partial charge in [0.1, 0.15) is 5.82 Å². The molecule has 4 nitrogen and oxygen atoms in total. The van der Waals surface area contributed by atoms with Gasteiger partial charge in [-0.3, -0.25) is 4.79 Å². The molecule has 0 spiro atoms. The van der Waals surface area contributed by atoms with Crippen LogP contribution < -0.4 is 5.73 Å². The second-order valence-corrected chi connectivity index (χ2v) is 6.89. The Morgan fingerprint density at radius 1 is 1.32 bits per heavy atom. The predicted molar refractivity (Wildman–Crippen MR) is 96.0 cm³/mol. The van der Waals surface area contributed by atoms with Gasteiger partial charge in [-0.2, -0.15) is 0 Å². The van der Waals surface area contributed by atoms with E-state index in [0.29, 0.717) is 22.6 Å². The van der Waals surface area contributed by atoms with Crippen LogP contribution in [-0.4, -0.2) is 28.8 Å². The van der Waals surface area contributed by atoms with Crippen LogP contribution >= 0.6 is 11.6 Å². The van der Waals surface area contributed by atoms with Gasteiger partial charge in [-0.05, 0) is 43.0 Å². The number of aliphatic carboxylic acids is 1. The highest BCUT2D eigenvalue weighted by Gasteiger charge is 2.34. The van der Waals surface area contributed by atoms with Crippen molar-refractivity contribution in [2.45, 2.75) is 25.8 Å². The summed E-state index contributed by atoms with van der Waals surface area (Å²) in [5, 5.41) is 19.0. The van der Waals surface area contributed by atoms with E-state index in [4.69, 9.17) is 17.3 Å². The van der Waals surface area contributed by atoms with Crippen LogP contribution in [-0.2, 0) is 11.2 Å². The van der Waals surface area contributed by atoms with Crippen molar-refractivity contribution in [1.29, 1.82) is 0 Å². The topological polar surface area (TPSA) is 83.5 Å². The van der Waals surface area contributed by atoms with Crippen LogP contribution in [0.15, 0.2) is 42.5 Å². The highest BCUT2D eigenvalue weighted by Crippen LogP contribution is 2.29. The Hall–Kier alpha value is -1.95. The molecule has 0 aliphatic rings. The molecule has 0 heterocycles. The quantitative estimate of drug-likeness (QED) is 0.701. The Labute approximate surface area is 151 Å². The molecule has 0 aromatic heterocycles. The van der Waals surface area contributed by atoms with Crippen molar-refractivity contribution in [3.63, 3.8) is 0 Å². The van der Waals surface area contributed by atoms with Crippen molar-refractivity contribution < 1.29 is 19.4 Å². The van der Waals surface area contributed by atoms with Gasteiger partial charge in [-0.15, -0.1) is 0 Å². The number of aliphatic hydroxyl groups is 1. The first-order valence-electron chi connectivity index (χ1n) is 7.90. The molecule has 25 heavy (non-hydrogen) atoms. The van der Waals surface area contributed by atoms with Crippen LogP contribution in [0.3, 0.4) is 0 Å². The first kappa shape index (κ1) is 19.4. The maximum atomic E-state index is 13.9. The number of nitrogens with two attached hydrogens (primary N) is 1. The van der Waals surface area contributed by atoms with Crippen LogP contribution in [0.25, 0.3) is 11.1 Å². The smallest absolute Gasteiger partial charge is 0.311 e. The van der Waals surface area contributed by atoms with Gasteiger partial charge >= 0.3 is 5.97 Å². The van der Waals surface area contributed by atoms with Crippen molar-refractivity contribution in [3.8, 4) is 11.1 Å². The molecule has 6 heteroatoms. The van der Waals surface area contributed by atoms with E-state index >= 15 is 0 Å². The Bertz CT molecular complexity index is 768. The number of carbonyl (C=O) groups is 1. The maximum absolute atomic E-state index is 13.9. The molecule has 0 saturated carbocycles. The minimum Gasteiger partial charge on any atom is -0.481 e. The second-order valence-electron chi connectivity index (χ2n) is 6.48. The molecular weight excluding hydrogens is 345 g/mol. The number of hydrogen-bond donors (Lipinski definition) is 3.